The van der Waals surface area contributed by atoms with Gasteiger partial charge in [-0.2, -0.15) is 0 Å². The van der Waals surface area contributed by atoms with Crippen molar-refractivity contribution < 1.29 is 4.42 Å². The summed E-state index contributed by atoms with van der Waals surface area (Å²) in [7, 11) is 0. The number of halogens is 1. The maximum Gasteiger partial charge on any atom is 0.106 e. The highest BCUT2D eigenvalue weighted by Crippen LogP contribution is 2.36. The lowest BCUT2D eigenvalue weighted by Gasteiger charge is -2.20. The molecule has 0 amide bonds. The van der Waals surface area contributed by atoms with Crippen molar-refractivity contribution in [3.05, 3.63) is 58.0 Å². The summed E-state index contributed by atoms with van der Waals surface area (Å²) in [4.78, 5) is 0. The van der Waals surface area contributed by atoms with Gasteiger partial charge in [-0.15, -0.1) is 11.6 Å². The minimum atomic E-state index is -0.151. The minimum absolute atomic E-state index is 0.151. The van der Waals surface area contributed by atoms with E-state index in [9.17, 15) is 0 Å². The zero-order chi connectivity index (χ0) is 15.1. The summed E-state index contributed by atoms with van der Waals surface area (Å²) in [6.07, 6.45) is 0. The molecular formula is C18H23ClO. The van der Waals surface area contributed by atoms with Crippen molar-refractivity contribution in [2.45, 2.75) is 52.3 Å². The number of furan rings is 1. The summed E-state index contributed by atoms with van der Waals surface area (Å²) in [6.45, 7) is 12.7. The van der Waals surface area contributed by atoms with Crippen molar-refractivity contribution in [3.63, 3.8) is 0 Å². The van der Waals surface area contributed by atoms with Gasteiger partial charge in [0, 0.05) is 5.56 Å². The van der Waals surface area contributed by atoms with E-state index in [-0.39, 0.29) is 10.8 Å². The molecule has 20 heavy (non-hydrogen) atoms. The summed E-state index contributed by atoms with van der Waals surface area (Å²) < 4.78 is 5.68. The van der Waals surface area contributed by atoms with E-state index in [1.165, 1.54) is 5.56 Å². The highest BCUT2D eigenvalue weighted by molar-refractivity contribution is 6.22. The maximum absolute atomic E-state index is 6.66. The van der Waals surface area contributed by atoms with E-state index in [0.717, 1.165) is 28.2 Å². The van der Waals surface area contributed by atoms with Crippen molar-refractivity contribution in [1.82, 2.24) is 0 Å². The van der Waals surface area contributed by atoms with Gasteiger partial charge >= 0.3 is 0 Å². The molecule has 1 nitrogen and oxygen atoms in total. The van der Waals surface area contributed by atoms with E-state index < -0.39 is 0 Å². The third kappa shape index (κ3) is 2.78. The largest absolute Gasteiger partial charge is 0.466 e. The van der Waals surface area contributed by atoms with Crippen molar-refractivity contribution in [2.75, 3.05) is 0 Å². The molecule has 1 atom stereocenters. The lowest BCUT2D eigenvalue weighted by Crippen LogP contribution is -2.10. The van der Waals surface area contributed by atoms with Crippen LogP contribution in [0.3, 0.4) is 0 Å². The van der Waals surface area contributed by atoms with Crippen LogP contribution in [-0.4, -0.2) is 0 Å². The van der Waals surface area contributed by atoms with Crippen molar-refractivity contribution >= 4 is 11.6 Å². The second kappa shape index (κ2) is 5.29. The number of alkyl halides is 1. The summed E-state index contributed by atoms with van der Waals surface area (Å²) in [5, 5.41) is -0.151. The first-order valence-corrected chi connectivity index (χ1v) is 7.46. The highest BCUT2D eigenvalue weighted by atomic mass is 35.5. The molecule has 1 unspecified atom stereocenters. The van der Waals surface area contributed by atoms with Gasteiger partial charge in [0.25, 0.3) is 0 Å². The predicted octanol–water partition coefficient (Wildman–Crippen LogP) is 5.83. The second-order valence-electron chi connectivity index (χ2n) is 6.49. The van der Waals surface area contributed by atoms with Gasteiger partial charge in [0.05, 0.1) is 5.38 Å². The standard InChI is InChI=1S/C18H23ClO/c1-11-12(2)20-13(3)16(11)17(19)14-7-9-15(10-8-14)18(4,5)6/h7-10,17H,1-6H3. The number of rotatable bonds is 2. The Morgan fingerprint density at radius 2 is 1.50 bits per heavy atom. The molecule has 2 aromatic rings. The average molecular weight is 291 g/mol. The van der Waals surface area contributed by atoms with E-state index in [0.29, 0.717) is 0 Å². The van der Waals surface area contributed by atoms with E-state index in [1.54, 1.807) is 0 Å². The van der Waals surface area contributed by atoms with Crippen LogP contribution >= 0.6 is 11.6 Å². The van der Waals surface area contributed by atoms with Crippen LogP contribution in [0.2, 0.25) is 0 Å². The second-order valence-corrected chi connectivity index (χ2v) is 6.92. The molecule has 1 aromatic heterocycles. The molecule has 1 aromatic carbocycles. The molecule has 1 heterocycles. The Morgan fingerprint density at radius 1 is 0.950 bits per heavy atom. The molecule has 0 aliphatic rings. The zero-order valence-corrected chi connectivity index (χ0v) is 13.9. The Morgan fingerprint density at radius 3 is 1.90 bits per heavy atom. The monoisotopic (exact) mass is 290 g/mol. The van der Waals surface area contributed by atoms with E-state index >= 15 is 0 Å². The number of hydrogen-bond donors (Lipinski definition) is 0. The van der Waals surface area contributed by atoms with E-state index in [1.807, 2.05) is 13.8 Å². The maximum atomic E-state index is 6.66. The normalized spacial score (nSPS) is 13.6. The molecule has 0 aliphatic carbocycles. The molecular weight excluding hydrogens is 268 g/mol. The fourth-order valence-corrected chi connectivity index (χ4v) is 2.96. The van der Waals surface area contributed by atoms with Crippen molar-refractivity contribution in [3.8, 4) is 0 Å². The Hall–Kier alpha value is -1.21. The van der Waals surface area contributed by atoms with Crippen molar-refractivity contribution in [2.24, 2.45) is 0 Å². The smallest absolute Gasteiger partial charge is 0.106 e. The molecule has 0 saturated carbocycles. The van der Waals surface area contributed by atoms with Gasteiger partial charge in [-0.3, -0.25) is 0 Å². The minimum Gasteiger partial charge on any atom is -0.466 e. The predicted molar refractivity (Wildman–Crippen MR) is 85.8 cm³/mol. The van der Waals surface area contributed by atoms with E-state index in [2.05, 4.69) is 52.0 Å². The molecule has 0 saturated heterocycles. The topological polar surface area (TPSA) is 13.1 Å². The summed E-state index contributed by atoms with van der Waals surface area (Å²) in [5.74, 6) is 1.87. The average Bonchev–Trinajstić information content (AvgIpc) is 2.62. The van der Waals surface area contributed by atoms with Crippen LogP contribution in [0.1, 0.15) is 59.9 Å². The van der Waals surface area contributed by atoms with Crippen LogP contribution in [0.15, 0.2) is 28.7 Å². The van der Waals surface area contributed by atoms with Crippen LogP contribution in [0.4, 0.5) is 0 Å². The lowest BCUT2D eigenvalue weighted by molar-refractivity contribution is 0.500. The third-order valence-electron chi connectivity index (χ3n) is 3.94. The molecule has 0 spiro atoms. The lowest BCUT2D eigenvalue weighted by atomic mass is 9.86. The van der Waals surface area contributed by atoms with Gasteiger partial charge < -0.3 is 4.42 Å². The molecule has 2 rings (SSSR count). The third-order valence-corrected chi connectivity index (χ3v) is 4.41. The number of aryl methyl sites for hydroxylation is 2. The summed E-state index contributed by atoms with van der Waals surface area (Å²) >= 11 is 6.66. The Labute approximate surface area is 127 Å². The summed E-state index contributed by atoms with van der Waals surface area (Å²) in [5.41, 5.74) is 4.86. The quantitative estimate of drug-likeness (QED) is 0.634. The molecule has 0 aliphatic heterocycles. The molecule has 0 N–H and O–H groups in total. The van der Waals surface area contributed by atoms with Crippen molar-refractivity contribution in [1.29, 1.82) is 0 Å². The van der Waals surface area contributed by atoms with Crippen LogP contribution in [-0.2, 0) is 5.41 Å². The summed E-state index contributed by atoms with van der Waals surface area (Å²) in [6, 6.07) is 8.59. The molecule has 108 valence electrons. The fourth-order valence-electron chi connectivity index (χ4n) is 2.50. The Bertz CT molecular complexity index is 600. The number of hydrogen-bond acceptors (Lipinski definition) is 1. The van der Waals surface area contributed by atoms with Gasteiger partial charge in [0.15, 0.2) is 0 Å². The zero-order valence-electron chi connectivity index (χ0n) is 13.2. The van der Waals surface area contributed by atoms with Crippen LogP contribution in [0.5, 0.6) is 0 Å². The first-order valence-electron chi connectivity index (χ1n) is 7.03. The fraction of sp³-hybridized carbons (Fsp3) is 0.444. The van der Waals surface area contributed by atoms with Crippen LogP contribution in [0, 0.1) is 20.8 Å². The highest BCUT2D eigenvalue weighted by Gasteiger charge is 2.21. The van der Waals surface area contributed by atoms with Gasteiger partial charge in [0.2, 0.25) is 0 Å². The number of benzene rings is 1. The van der Waals surface area contributed by atoms with Gasteiger partial charge in [-0.05, 0) is 42.9 Å². The molecule has 0 radical (unpaired) electrons. The van der Waals surface area contributed by atoms with Crippen LogP contribution in [0.25, 0.3) is 0 Å². The molecule has 0 fully saturated rings. The van der Waals surface area contributed by atoms with E-state index in [4.69, 9.17) is 16.0 Å². The first-order chi connectivity index (χ1) is 9.21. The molecule has 0 bridgehead atoms. The first kappa shape index (κ1) is 15.2. The molecule has 2 heteroatoms. The Balaban J connectivity index is 2.37. The van der Waals surface area contributed by atoms with Gasteiger partial charge in [-0.1, -0.05) is 45.0 Å². The van der Waals surface area contributed by atoms with Gasteiger partial charge in [-0.25, -0.2) is 0 Å². The van der Waals surface area contributed by atoms with Crippen LogP contribution < -0.4 is 0 Å². The van der Waals surface area contributed by atoms with Gasteiger partial charge in [0.1, 0.15) is 11.5 Å². The SMILES string of the molecule is Cc1oc(C)c(C(Cl)c2ccc(C(C)(C)C)cc2)c1C. The Kier molecular flexibility index (Phi) is 4.02.